The van der Waals surface area contributed by atoms with Gasteiger partial charge in [0.25, 0.3) is 11.4 Å². The van der Waals surface area contributed by atoms with Gasteiger partial charge >= 0.3 is 0 Å². The molecule has 0 bridgehead atoms. The van der Waals surface area contributed by atoms with Crippen molar-refractivity contribution < 1.29 is 9.85 Å². The van der Waals surface area contributed by atoms with Crippen LogP contribution in [0.3, 0.4) is 0 Å². The fraction of sp³-hybridized carbons (Fsp3) is 0. The molecule has 0 unspecified atom stereocenters. The van der Waals surface area contributed by atoms with E-state index in [0.29, 0.717) is 10.8 Å². The van der Waals surface area contributed by atoms with E-state index in [0.717, 1.165) is 0 Å². The van der Waals surface area contributed by atoms with Crippen LogP contribution in [0.5, 0.6) is 0 Å². The van der Waals surface area contributed by atoms with E-state index in [2.05, 4.69) is 9.97 Å². The molecular formula is C16H6Cl2N4O4. The third-order valence-electron chi connectivity index (χ3n) is 4.07. The molecule has 10 heteroatoms. The highest BCUT2D eigenvalue weighted by molar-refractivity contribution is 6.39. The number of benzene rings is 2. The number of aromatic nitrogens is 2. The van der Waals surface area contributed by atoms with Crippen LogP contribution in [0, 0.1) is 20.2 Å². The molecule has 8 nitrogen and oxygen atoms in total. The molecule has 2 aromatic heterocycles. The summed E-state index contributed by atoms with van der Waals surface area (Å²) in [6.07, 6.45) is 2.84. The van der Waals surface area contributed by atoms with Crippen molar-refractivity contribution in [2.45, 2.75) is 0 Å². The van der Waals surface area contributed by atoms with Gasteiger partial charge in [-0.05, 0) is 12.1 Å². The fourth-order valence-electron chi connectivity index (χ4n) is 3.01. The first-order valence-electron chi connectivity index (χ1n) is 7.17. The van der Waals surface area contributed by atoms with Gasteiger partial charge in [-0.15, -0.1) is 0 Å². The number of nitrogens with zero attached hydrogens (tertiary/aromatic N) is 4. The maximum atomic E-state index is 11.6. The zero-order valence-corrected chi connectivity index (χ0v) is 14.2. The number of hydrogen-bond donors (Lipinski definition) is 0. The molecule has 0 saturated carbocycles. The number of rotatable bonds is 2. The predicted octanol–water partition coefficient (Wildman–Crippen LogP) is 5.06. The van der Waals surface area contributed by atoms with Gasteiger partial charge in [0.15, 0.2) is 0 Å². The summed E-state index contributed by atoms with van der Waals surface area (Å²) in [7, 11) is 0. The van der Waals surface area contributed by atoms with Crippen molar-refractivity contribution in [2.75, 3.05) is 0 Å². The number of fused-ring (bicyclic) bond motifs is 5. The molecular weight excluding hydrogens is 383 g/mol. The average Bonchev–Trinajstić information content (AvgIpc) is 2.60. The lowest BCUT2D eigenvalue weighted by atomic mass is 9.99. The molecule has 0 aliphatic heterocycles. The first kappa shape index (κ1) is 16.4. The molecule has 0 aliphatic carbocycles. The Labute approximate surface area is 154 Å². The van der Waals surface area contributed by atoms with E-state index < -0.39 is 21.2 Å². The number of halogens is 2. The number of non-ortho nitro benzene ring substituents is 2. The van der Waals surface area contributed by atoms with E-state index in [1.165, 1.54) is 36.7 Å². The summed E-state index contributed by atoms with van der Waals surface area (Å²) in [5.74, 6) is 0. The molecule has 0 N–H and O–H groups in total. The third-order valence-corrected chi connectivity index (χ3v) is 4.72. The van der Waals surface area contributed by atoms with Crippen molar-refractivity contribution in [3.05, 3.63) is 66.9 Å². The van der Waals surface area contributed by atoms with E-state index in [4.69, 9.17) is 23.2 Å². The zero-order chi connectivity index (χ0) is 18.6. The lowest BCUT2D eigenvalue weighted by Gasteiger charge is -2.10. The second kappa shape index (κ2) is 5.72. The summed E-state index contributed by atoms with van der Waals surface area (Å²) in [5, 5.41) is 24.3. The van der Waals surface area contributed by atoms with Crippen molar-refractivity contribution >= 4 is 67.2 Å². The van der Waals surface area contributed by atoms with Crippen molar-refractivity contribution in [1.29, 1.82) is 0 Å². The lowest BCUT2D eigenvalue weighted by Crippen LogP contribution is -1.98. The Balaban J connectivity index is 2.46. The molecule has 0 spiro atoms. The minimum Gasteiger partial charge on any atom is -0.258 e. The smallest absolute Gasteiger partial charge is 0.258 e. The van der Waals surface area contributed by atoms with E-state index in [-0.39, 0.29) is 31.9 Å². The van der Waals surface area contributed by atoms with E-state index in [1.807, 2.05) is 0 Å². The van der Waals surface area contributed by atoms with Gasteiger partial charge in [-0.1, -0.05) is 23.2 Å². The molecule has 4 rings (SSSR count). The number of nitro benzene ring substituents is 2. The monoisotopic (exact) mass is 388 g/mol. The van der Waals surface area contributed by atoms with Crippen LogP contribution in [0.4, 0.5) is 11.4 Å². The standard InChI is InChI=1S/C16H6Cl2N4O4/c17-9-1-3-19-15-7(9)5-11(21(23)24)13-12(22(25)26)6-8-10(18)2-4-20-16(8)14(13)15/h1-6H. The maximum absolute atomic E-state index is 11.6. The molecule has 0 amide bonds. The summed E-state index contributed by atoms with van der Waals surface area (Å²) >= 11 is 12.4. The van der Waals surface area contributed by atoms with Crippen molar-refractivity contribution in [3.8, 4) is 0 Å². The van der Waals surface area contributed by atoms with Gasteiger partial charge < -0.3 is 0 Å². The lowest BCUT2D eigenvalue weighted by molar-refractivity contribution is -0.390. The van der Waals surface area contributed by atoms with Crippen molar-refractivity contribution in [1.82, 2.24) is 9.97 Å². The highest BCUT2D eigenvalue weighted by atomic mass is 35.5. The summed E-state index contributed by atoms with van der Waals surface area (Å²) in [6, 6.07) is 5.35. The normalized spacial score (nSPS) is 11.3. The summed E-state index contributed by atoms with van der Waals surface area (Å²) < 4.78 is 0. The predicted molar refractivity (Wildman–Crippen MR) is 97.9 cm³/mol. The van der Waals surface area contributed by atoms with E-state index in [9.17, 15) is 20.2 Å². The number of nitro groups is 2. The largest absolute Gasteiger partial charge is 0.285 e. The van der Waals surface area contributed by atoms with Crippen molar-refractivity contribution in [3.63, 3.8) is 0 Å². The molecule has 2 heterocycles. The second-order valence-electron chi connectivity index (χ2n) is 5.43. The quantitative estimate of drug-likeness (QED) is 0.269. The Kier molecular flexibility index (Phi) is 3.60. The van der Waals surface area contributed by atoms with Crippen molar-refractivity contribution in [2.24, 2.45) is 0 Å². The molecule has 0 aliphatic rings. The highest BCUT2D eigenvalue weighted by Crippen LogP contribution is 2.44. The average molecular weight is 389 g/mol. The maximum Gasteiger partial charge on any atom is 0.285 e. The second-order valence-corrected chi connectivity index (χ2v) is 6.25. The highest BCUT2D eigenvalue weighted by Gasteiger charge is 2.28. The van der Waals surface area contributed by atoms with Gasteiger partial charge in [-0.3, -0.25) is 30.2 Å². The van der Waals surface area contributed by atoms with Crippen LogP contribution in [0.1, 0.15) is 0 Å². The van der Waals surface area contributed by atoms with E-state index >= 15 is 0 Å². The molecule has 4 aromatic rings. The first-order valence-corrected chi connectivity index (χ1v) is 7.92. The first-order chi connectivity index (χ1) is 12.4. The van der Waals surface area contributed by atoms with Gasteiger partial charge in [0.1, 0.15) is 5.39 Å². The van der Waals surface area contributed by atoms with Crippen LogP contribution >= 0.6 is 23.2 Å². The molecule has 0 radical (unpaired) electrons. The van der Waals surface area contributed by atoms with Gasteiger partial charge in [0, 0.05) is 40.7 Å². The molecule has 2 aromatic carbocycles. The summed E-state index contributed by atoms with van der Waals surface area (Å²) in [5.41, 5.74) is -0.335. The molecule has 0 fully saturated rings. The van der Waals surface area contributed by atoms with Crippen LogP contribution in [0.2, 0.25) is 10.0 Å². The molecule has 128 valence electrons. The van der Waals surface area contributed by atoms with Gasteiger partial charge in [-0.2, -0.15) is 0 Å². The van der Waals surface area contributed by atoms with Crippen LogP contribution in [-0.2, 0) is 0 Å². The van der Waals surface area contributed by atoms with Crippen LogP contribution in [0.15, 0.2) is 36.7 Å². The number of pyridine rings is 2. The minimum atomic E-state index is -0.686. The third kappa shape index (κ3) is 2.23. The fourth-order valence-corrected chi connectivity index (χ4v) is 3.42. The van der Waals surface area contributed by atoms with Crippen LogP contribution < -0.4 is 0 Å². The Morgan fingerprint density at radius 3 is 1.58 bits per heavy atom. The topological polar surface area (TPSA) is 112 Å². The SMILES string of the molecule is O=[N+]([O-])c1cc2c(Cl)ccnc2c2c1c([N+](=O)[O-])cc1c(Cl)ccnc12. The minimum absolute atomic E-state index is 0.162. The van der Waals surface area contributed by atoms with E-state index in [1.54, 1.807) is 0 Å². The Morgan fingerprint density at radius 1 is 0.769 bits per heavy atom. The van der Waals surface area contributed by atoms with Gasteiger partial charge in [0.05, 0.1) is 30.9 Å². The number of hydrogen-bond acceptors (Lipinski definition) is 6. The summed E-state index contributed by atoms with van der Waals surface area (Å²) in [4.78, 5) is 30.3. The van der Waals surface area contributed by atoms with Gasteiger partial charge in [0.2, 0.25) is 0 Å². The Bertz CT molecular complexity index is 1180. The molecule has 0 atom stereocenters. The van der Waals surface area contributed by atoms with Gasteiger partial charge in [-0.25, -0.2) is 0 Å². The Morgan fingerprint density at radius 2 is 1.19 bits per heavy atom. The summed E-state index contributed by atoms with van der Waals surface area (Å²) in [6.45, 7) is 0. The van der Waals surface area contributed by atoms with Crippen LogP contribution in [0.25, 0.3) is 32.6 Å². The Hall–Kier alpha value is -3.10. The zero-order valence-electron chi connectivity index (χ0n) is 12.6. The molecule has 0 saturated heterocycles. The molecule has 26 heavy (non-hydrogen) atoms. The van der Waals surface area contributed by atoms with Crippen LogP contribution in [-0.4, -0.2) is 19.8 Å².